The van der Waals surface area contributed by atoms with E-state index in [2.05, 4.69) is 17.6 Å². The molecule has 10 heteroatoms. The molecular weight excluding hydrogens is 614 g/mol. The minimum atomic E-state index is -1.07. The number of nitrogens with zero attached hydrogens (tertiary/aromatic N) is 1. The van der Waals surface area contributed by atoms with Crippen LogP contribution in [0.1, 0.15) is 97.7 Å². The third-order valence-corrected chi connectivity index (χ3v) is 7.75. The molecule has 0 saturated heterocycles. The lowest BCUT2D eigenvalue weighted by molar-refractivity contribution is -0.159. The number of esters is 1. The maximum Gasteiger partial charge on any atom is 0.408 e. The first-order valence-corrected chi connectivity index (χ1v) is 18.0. The molecule has 0 aromatic heterocycles. The fourth-order valence-electron chi connectivity index (χ4n) is 4.99. The van der Waals surface area contributed by atoms with Crippen molar-refractivity contribution in [2.24, 2.45) is 0 Å². The molecule has 0 aliphatic rings. The number of ether oxygens (including phenoxy) is 2. The molecule has 3 atom stereocenters. The summed E-state index contributed by atoms with van der Waals surface area (Å²) in [6.45, 7) is 13.0. The molecule has 0 bridgehead atoms. The number of carbonyl (C=O) groups excluding carboxylic acids is 4. The van der Waals surface area contributed by atoms with E-state index in [1.807, 2.05) is 54.8 Å². The van der Waals surface area contributed by atoms with Gasteiger partial charge in [0.2, 0.25) is 11.8 Å². The Hall–Kier alpha value is -3.53. The molecule has 9 nitrogen and oxygen atoms in total. The highest BCUT2D eigenvalue weighted by molar-refractivity contribution is 7.98. The predicted octanol–water partition coefficient (Wildman–Crippen LogP) is 6.85. The summed E-state index contributed by atoms with van der Waals surface area (Å²) >= 11 is 1.56. The number of nitrogens with one attached hydrogen (secondary N) is 2. The highest BCUT2D eigenvalue weighted by atomic mass is 32.2. The van der Waals surface area contributed by atoms with Crippen molar-refractivity contribution < 1.29 is 28.7 Å². The molecule has 0 radical (unpaired) electrons. The van der Waals surface area contributed by atoms with Crippen LogP contribution in [0.4, 0.5) is 4.79 Å². The monoisotopic (exact) mass is 669 g/mol. The molecule has 3 amide bonds. The van der Waals surface area contributed by atoms with Crippen molar-refractivity contribution in [3.63, 3.8) is 0 Å². The van der Waals surface area contributed by atoms with Gasteiger partial charge in [-0.1, -0.05) is 86.8 Å². The first-order valence-electron chi connectivity index (χ1n) is 16.6. The van der Waals surface area contributed by atoms with Gasteiger partial charge in [0.15, 0.2) is 0 Å². The van der Waals surface area contributed by atoms with Crippen LogP contribution in [0.25, 0.3) is 0 Å². The Bertz CT molecular complexity index is 1260. The number of alkyl carbamates (subject to hydrolysis) is 1. The molecule has 0 fully saturated rings. The molecule has 47 heavy (non-hydrogen) atoms. The Morgan fingerprint density at radius 3 is 1.94 bits per heavy atom. The number of carbonyl (C=O) groups is 4. The van der Waals surface area contributed by atoms with E-state index >= 15 is 0 Å². The van der Waals surface area contributed by atoms with Gasteiger partial charge in [0.25, 0.3) is 0 Å². The molecule has 2 aromatic rings. The quantitative estimate of drug-likeness (QED) is 0.140. The molecule has 0 aliphatic heterocycles. The first kappa shape index (κ1) is 39.6. The highest BCUT2D eigenvalue weighted by Crippen LogP contribution is 2.25. The molecule has 0 spiro atoms. The third kappa shape index (κ3) is 14.8. The van der Waals surface area contributed by atoms with E-state index in [0.717, 1.165) is 24.8 Å². The van der Waals surface area contributed by atoms with Crippen LogP contribution in [0.2, 0.25) is 0 Å². The van der Waals surface area contributed by atoms with Crippen LogP contribution in [0.5, 0.6) is 0 Å². The maximum atomic E-state index is 14.5. The predicted molar refractivity (Wildman–Crippen MR) is 189 cm³/mol. The molecule has 0 aliphatic carbocycles. The van der Waals surface area contributed by atoms with E-state index in [1.54, 1.807) is 70.3 Å². The standard InChI is InChI=1S/C37H55N3O6S/c1-9-10-11-18-24-40(33(42)29(23-25-47-8)39-35(44)46-37(5,6)7)31(28-21-16-13-17-22-28)32(41)38-30(34(43)45-36(2,3)4)26-27-19-14-12-15-20-27/h12-17,19-22,29-31H,9-11,18,23-26H2,1-8H3,(H,38,41)(H,39,44). The van der Waals surface area contributed by atoms with Crippen molar-refractivity contribution in [3.8, 4) is 0 Å². The molecule has 2 N–H and O–H groups in total. The number of unbranched alkanes of at least 4 members (excludes halogenated alkanes) is 3. The normalized spacial score (nSPS) is 13.5. The van der Waals surface area contributed by atoms with Crippen LogP contribution >= 0.6 is 11.8 Å². The third-order valence-electron chi connectivity index (χ3n) is 7.10. The SMILES string of the molecule is CCCCCCN(C(=O)C(CCSC)NC(=O)OC(C)(C)C)C(C(=O)NC(Cc1ccccc1)C(=O)OC(C)(C)C)c1ccccc1. The fraction of sp³-hybridized carbons (Fsp3) is 0.568. The van der Waals surface area contributed by atoms with Gasteiger partial charge in [-0.3, -0.25) is 9.59 Å². The molecule has 0 heterocycles. The fourth-order valence-corrected chi connectivity index (χ4v) is 5.46. The maximum absolute atomic E-state index is 14.5. The van der Waals surface area contributed by atoms with Crippen molar-refractivity contribution in [2.75, 3.05) is 18.6 Å². The number of thioether (sulfide) groups is 1. The summed E-state index contributed by atoms with van der Waals surface area (Å²) in [5, 5.41) is 5.74. The second-order valence-corrected chi connectivity index (χ2v) is 14.7. The number of hydrogen-bond donors (Lipinski definition) is 2. The summed E-state index contributed by atoms with van der Waals surface area (Å²) in [6.07, 6.45) is 5.31. The molecule has 2 rings (SSSR count). The van der Waals surface area contributed by atoms with Crippen LogP contribution in [-0.4, -0.2) is 70.6 Å². The Morgan fingerprint density at radius 2 is 1.38 bits per heavy atom. The second kappa shape index (κ2) is 19.3. The van der Waals surface area contributed by atoms with Crippen LogP contribution in [0, 0.1) is 0 Å². The Labute approximate surface area is 285 Å². The first-order chi connectivity index (χ1) is 22.1. The van der Waals surface area contributed by atoms with Gasteiger partial charge in [0, 0.05) is 13.0 Å². The smallest absolute Gasteiger partial charge is 0.408 e. The van der Waals surface area contributed by atoms with Gasteiger partial charge in [-0.2, -0.15) is 11.8 Å². The minimum absolute atomic E-state index is 0.212. The topological polar surface area (TPSA) is 114 Å². The lowest BCUT2D eigenvalue weighted by Crippen LogP contribution is -2.55. The summed E-state index contributed by atoms with van der Waals surface area (Å²) in [4.78, 5) is 56.9. The Kier molecular flexibility index (Phi) is 16.3. The molecule has 0 saturated carbocycles. The molecule has 3 unspecified atom stereocenters. The Morgan fingerprint density at radius 1 is 0.787 bits per heavy atom. The van der Waals surface area contributed by atoms with Gasteiger partial charge in [0.1, 0.15) is 29.3 Å². The van der Waals surface area contributed by atoms with E-state index in [0.29, 0.717) is 24.2 Å². The molecule has 2 aromatic carbocycles. The Balaban J connectivity index is 2.57. The van der Waals surface area contributed by atoms with Crippen molar-refractivity contribution in [2.45, 2.75) is 116 Å². The lowest BCUT2D eigenvalue weighted by Gasteiger charge is -2.35. The number of hydrogen-bond acceptors (Lipinski definition) is 7. The second-order valence-electron chi connectivity index (χ2n) is 13.7. The van der Waals surface area contributed by atoms with Crippen molar-refractivity contribution in [1.29, 1.82) is 0 Å². The van der Waals surface area contributed by atoms with Crippen LogP contribution in [0.15, 0.2) is 60.7 Å². The van der Waals surface area contributed by atoms with Crippen LogP contribution in [0.3, 0.4) is 0 Å². The average molecular weight is 670 g/mol. The van der Waals surface area contributed by atoms with Gasteiger partial charge in [-0.05, 0) is 77.5 Å². The van der Waals surface area contributed by atoms with Crippen LogP contribution < -0.4 is 10.6 Å². The van der Waals surface area contributed by atoms with E-state index in [1.165, 1.54) is 0 Å². The van der Waals surface area contributed by atoms with Gasteiger partial charge >= 0.3 is 12.1 Å². The van der Waals surface area contributed by atoms with Crippen molar-refractivity contribution in [1.82, 2.24) is 15.5 Å². The van der Waals surface area contributed by atoms with Gasteiger partial charge in [-0.25, -0.2) is 9.59 Å². The van der Waals surface area contributed by atoms with Gasteiger partial charge in [0.05, 0.1) is 0 Å². The van der Waals surface area contributed by atoms with Crippen molar-refractivity contribution in [3.05, 3.63) is 71.8 Å². The zero-order valence-electron chi connectivity index (χ0n) is 29.5. The van der Waals surface area contributed by atoms with Crippen molar-refractivity contribution >= 4 is 35.6 Å². The van der Waals surface area contributed by atoms with Gasteiger partial charge < -0.3 is 25.0 Å². The van der Waals surface area contributed by atoms with Crippen LogP contribution in [-0.2, 0) is 30.3 Å². The summed E-state index contributed by atoms with van der Waals surface area (Å²) in [5.74, 6) is -0.850. The zero-order chi connectivity index (χ0) is 35.0. The number of rotatable bonds is 17. The zero-order valence-corrected chi connectivity index (χ0v) is 30.3. The lowest BCUT2D eigenvalue weighted by atomic mass is 10.00. The van der Waals surface area contributed by atoms with E-state index in [-0.39, 0.29) is 18.9 Å². The summed E-state index contributed by atoms with van der Waals surface area (Å²) in [7, 11) is 0. The molecule has 260 valence electrons. The summed E-state index contributed by atoms with van der Waals surface area (Å²) in [5.41, 5.74) is -0.0725. The highest BCUT2D eigenvalue weighted by Gasteiger charge is 2.38. The summed E-state index contributed by atoms with van der Waals surface area (Å²) < 4.78 is 11.2. The largest absolute Gasteiger partial charge is 0.458 e. The van der Waals surface area contributed by atoms with Gasteiger partial charge in [-0.15, -0.1) is 0 Å². The minimum Gasteiger partial charge on any atom is -0.458 e. The average Bonchev–Trinajstić information content (AvgIpc) is 2.99. The molecular formula is C37H55N3O6S. The number of amides is 3. The van der Waals surface area contributed by atoms with E-state index < -0.39 is 47.3 Å². The van der Waals surface area contributed by atoms with E-state index in [9.17, 15) is 19.2 Å². The number of benzene rings is 2. The van der Waals surface area contributed by atoms with E-state index in [4.69, 9.17) is 9.47 Å². The summed E-state index contributed by atoms with van der Waals surface area (Å²) in [6, 6.07) is 15.5.